The van der Waals surface area contributed by atoms with Crippen molar-refractivity contribution >= 4 is 5.97 Å². The first-order chi connectivity index (χ1) is 9.10. The summed E-state index contributed by atoms with van der Waals surface area (Å²) in [6.07, 6.45) is 4.62. The number of carbonyl (C=O) groups excluding carboxylic acids is 1. The first-order valence-corrected chi connectivity index (χ1v) is 7.71. The molecule has 1 N–H and O–H groups in total. The zero-order valence-corrected chi connectivity index (χ0v) is 12.5. The van der Waals surface area contributed by atoms with E-state index in [0.717, 1.165) is 24.8 Å². The number of hydrogen-bond acceptors (Lipinski definition) is 4. The van der Waals surface area contributed by atoms with E-state index in [-0.39, 0.29) is 12.0 Å². The van der Waals surface area contributed by atoms with E-state index >= 15 is 0 Å². The molecule has 0 aromatic rings. The van der Waals surface area contributed by atoms with Crippen molar-refractivity contribution in [3.63, 3.8) is 0 Å². The van der Waals surface area contributed by atoms with Crippen LogP contribution in [0.5, 0.6) is 0 Å². The summed E-state index contributed by atoms with van der Waals surface area (Å²) in [7, 11) is 2.16. The highest BCUT2D eigenvalue weighted by Gasteiger charge is 2.33. The molecule has 0 aliphatic heterocycles. The van der Waals surface area contributed by atoms with Crippen LogP contribution in [0.1, 0.15) is 39.5 Å². The molecule has 0 spiro atoms. The second-order valence-corrected chi connectivity index (χ2v) is 6.27. The van der Waals surface area contributed by atoms with E-state index < -0.39 is 0 Å². The maximum Gasteiger partial charge on any atom is 0.323 e. The molecule has 0 radical (unpaired) electrons. The summed E-state index contributed by atoms with van der Waals surface area (Å²) in [5.74, 6) is 1.69. The van der Waals surface area contributed by atoms with Gasteiger partial charge in [-0.25, -0.2) is 0 Å². The van der Waals surface area contributed by atoms with Crippen molar-refractivity contribution in [2.45, 2.75) is 51.6 Å². The summed E-state index contributed by atoms with van der Waals surface area (Å²) < 4.78 is 5.16. The molecule has 0 aromatic heterocycles. The van der Waals surface area contributed by atoms with Gasteiger partial charge in [0.2, 0.25) is 0 Å². The fourth-order valence-corrected chi connectivity index (χ4v) is 2.54. The zero-order valence-electron chi connectivity index (χ0n) is 12.5. The minimum Gasteiger partial charge on any atom is -0.465 e. The van der Waals surface area contributed by atoms with Gasteiger partial charge in [0.05, 0.1) is 6.61 Å². The Bertz CT molecular complexity index is 305. The summed E-state index contributed by atoms with van der Waals surface area (Å²) in [4.78, 5) is 14.3. The van der Waals surface area contributed by atoms with Gasteiger partial charge < -0.3 is 15.0 Å². The molecule has 3 unspecified atom stereocenters. The van der Waals surface area contributed by atoms with Crippen molar-refractivity contribution in [2.75, 3.05) is 26.7 Å². The summed E-state index contributed by atoms with van der Waals surface area (Å²) in [5.41, 5.74) is 0. The van der Waals surface area contributed by atoms with Crippen LogP contribution in [0.25, 0.3) is 0 Å². The first kappa shape index (κ1) is 14.8. The van der Waals surface area contributed by atoms with Crippen molar-refractivity contribution in [3.8, 4) is 0 Å². The molecule has 4 nitrogen and oxygen atoms in total. The highest BCUT2D eigenvalue weighted by atomic mass is 16.5. The van der Waals surface area contributed by atoms with Crippen LogP contribution in [0.3, 0.4) is 0 Å². The largest absolute Gasteiger partial charge is 0.465 e. The Kier molecular flexibility index (Phi) is 5.22. The van der Waals surface area contributed by atoms with Crippen LogP contribution in [0.15, 0.2) is 0 Å². The highest BCUT2D eigenvalue weighted by Crippen LogP contribution is 2.37. The third-order valence-corrected chi connectivity index (χ3v) is 4.21. The van der Waals surface area contributed by atoms with Gasteiger partial charge in [-0.15, -0.1) is 0 Å². The second kappa shape index (κ2) is 6.71. The number of esters is 1. The van der Waals surface area contributed by atoms with Crippen LogP contribution in [-0.2, 0) is 9.53 Å². The Labute approximate surface area is 116 Å². The predicted molar refractivity (Wildman–Crippen MR) is 76.0 cm³/mol. The lowest BCUT2D eigenvalue weighted by Crippen LogP contribution is -2.42. The van der Waals surface area contributed by atoms with Crippen LogP contribution < -0.4 is 5.32 Å². The maximum atomic E-state index is 11.9. The molecule has 2 aliphatic rings. The van der Waals surface area contributed by atoms with Gasteiger partial charge in [0.25, 0.3) is 0 Å². The van der Waals surface area contributed by atoms with Gasteiger partial charge in [0.1, 0.15) is 6.04 Å². The Balaban J connectivity index is 1.69. The van der Waals surface area contributed by atoms with Crippen molar-refractivity contribution in [3.05, 3.63) is 0 Å². The number of rotatable bonds is 9. The van der Waals surface area contributed by atoms with Gasteiger partial charge in [-0.1, -0.05) is 6.92 Å². The van der Waals surface area contributed by atoms with Gasteiger partial charge in [-0.3, -0.25) is 4.79 Å². The Hall–Kier alpha value is -0.610. The van der Waals surface area contributed by atoms with Crippen molar-refractivity contribution < 1.29 is 9.53 Å². The van der Waals surface area contributed by atoms with Gasteiger partial charge in [0, 0.05) is 12.6 Å². The third-order valence-electron chi connectivity index (χ3n) is 4.21. The van der Waals surface area contributed by atoms with Crippen LogP contribution >= 0.6 is 0 Å². The Morgan fingerprint density at radius 3 is 2.68 bits per heavy atom. The minimum absolute atomic E-state index is 0.0809. The third kappa shape index (κ3) is 5.11. The molecular formula is C15H28N2O2. The van der Waals surface area contributed by atoms with Gasteiger partial charge in [0.15, 0.2) is 0 Å². The van der Waals surface area contributed by atoms with E-state index in [0.29, 0.717) is 12.6 Å². The number of carbonyl (C=O) groups is 1. The number of ether oxygens (including phenoxy) is 1. The topological polar surface area (TPSA) is 41.6 Å². The van der Waals surface area contributed by atoms with E-state index in [1.54, 1.807) is 0 Å². The lowest BCUT2D eigenvalue weighted by atomic mass is 10.2. The van der Waals surface area contributed by atoms with Gasteiger partial charge in [-0.2, -0.15) is 0 Å². The predicted octanol–water partition coefficient (Wildman–Crippen LogP) is 1.65. The quantitative estimate of drug-likeness (QED) is 0.646. The van der Waals surface area contributed by atoms with Crippen molar-refractivity contribution in [1.29, 1.82) is 0 Å². The molecule has 110 valence electrons. The molecule has 19 heavy (non-hydrogen) atoms. The summed E-state index contributed by atoms with van der Waals surface area (Å²) in [6.45, 7) is 6.78. The van der Waals surface area contributed by atoms with Crippen LogP contribution in [0.4, 0.5) is 0 Å². The minimum atomic E-state index is -0.119. The number of hydrogen-bond donors (Lipinski definition) is 1. The summed E-state index contributed by atoms with van der Waals surface area (Å²) >= 11 is 0. The van der Waals surface area contributed by atoms with Crippen molar-refractivity contribution in [1.82, 2.24) is 10.2 Å². The molecule has 0 heterocycles. The fraction of sp³-hybridized carbons (Fsp3) is 0.933. The Morgan fingerprint density at radius 1 is 1.47 bits per heavy atom. The fourth-order valence-electron chi connectivity index (χ4n) is 2.54. The average Bonchev–Trinajstić information content (AvgIpc) is 3.26. The standard InChI is InChI=1S/C15H28N2O2/c1-4-19-15(18)14(16-13-5-6-13)7-8-17(3)10-12-9-11(12)2/h11-14,16H,4-10H2,1-3H3. The van der Waals surface area contributed by atoms with Crippen LogP contribution in [0.2, 0.25) is 0 Å². The van der Waals surface area contributed by atoms with E-state index in [1.165, 1.54) is 25.8 Å². The smallest absolute Gasteiger partial charge is 0.323 e. The molecule has 0 aromatic carbocycles. The zero-order chi connectivity index (χ0) is 13.8. The van der Waals surface area contributed by atoms with E-state index in [1.807, 2.05) is 6.92 Å². The SMILES string of the molecule is CCOC(=O)C(CCN(C)CC1CC1C)NC1CC1. The van der Waals surface area contributed by atoms with Crippen molar-refractivity contribution in [2.24, 2.45) is 11.8 Å². The molecule has 2 saturated carbocycles. The molecule has 0 amide bonds. The number of nitrogens with zero attached hydrogens (tertiary/aromatic N) is 1. The average molecular weight is 268 g/mol. The molecule has 4 heteroatoms. The molecule has 2 aliphatic carbocycles. The van der Waals surface area contributed by atoms with Gasteiger partial charge in [-0.05, 0) is 58.0 Å². The first-order valence-electron chi connectivity index (χ1n) is 7.71. The maximum absolute atomic E-state index is 11.9. The van der Waals surface area contributed by atoms with Crippen LogP contribution in [0, 0.1) is 11.8 Å². The van der Waals surface area contributed by atoms with E-state index in [2.05, 4.69) is 24.2 Å². The molecule has 0 saturated heterocycles. The number of nitrogens with one attached hydrogen (secondary N) is 1. The molecule has 2 fully saturated rings. The lowest BCUT2D eigenvalue weighted by molar-refractivity contribution is -0.146. The summed E-state index contributed by atoms with van der Waals surface area (Å²) in [5, 5.41) is 3.41. The molecule has 0 bridgehead atoms. The molecular weight excluding hydrogens is 240 g/mol. The monoisotopic (exact) mass is 268 g/mol. The Morgan fingerprint density at radius 2 is 2.16 bits per heavy atom. The molecule has 3 atom stereocenters. The second-order valence-electron chi connectivity index (χ2n) is 6.27. The summed E-state index contributed by atoms with van der Waals surface area (Å²) in [6, 6.07) is 0.426. The lowest BCUT2D eigenvalue weighted by Gasteiger charge is -2.21. The van der Waals surface area contributed by atoms with E-state index in [9.17, 15) is 4.79 Å². The van der Waals surface area contributed by atoms with Gasteiger partial charge >= 0.3 is 5.97 Å². The highest BCUT2D eigenvalue weighted by molar-refractivity contribution is 5.75. The normalized spacial score (nSPS) is 27.4. The van der Waals surface area contributed by atoms with Crippen LogP contribution in [-0.4, -0.2) is 49.7 Å². The van der Waals surface area contributed by atoms with E-state index in [4.69, 9.17) is 4.74 Å². The molecule has 2 rings (SSSR count).